The topological polar surface area (TPSA) is 111 Å². The molecule has 0 aliphatic heterocycles. The average Bonchev–Trinajstić information content (AvgIpc) is 2.52. The first-order chi connectivity index (χ1) is 11.3. The van der Waals surface area contributed by atoms with Crippen molar-refractivity contribution in [3.05, 3.63) is 39.4 Å². The monoisotopic (exact) mass is 345 g/mol. The maximum absolute atomic E-state index is 12.9. The van der Waals surface area contributed by atoms with Gasteiger partial charge in [0, 0.05) is 6.07 Å². The molecule has 7 heteroatoms. The summed E-state index contributed by atoms with van der Waals surface area (Å²) in [5.41, 5.74) is -3.23. The van der Waals surface area contributed by atoms with Crippen LogP contribution in [0.4, 0.5) is 5.69 Å². The van der Waals surface area contributed by atoms with Crippen molar-refractivity contribution in [1.29, 1.82) is 0 Å². The Hall–Kier alpha value is -2.70. The molecule has 1 aromatic rings. The highest BCUT2D eigenvalue weighted by atomic mass is 16.6. The summed E-state index contributed by atoms with van der Waals surface area (Å²) in [6.45, 7) is 7.11. The molecule has 1 saturated carbocycles. The van der Waals surface area contributed by atoms with Crippen molar-refractivity contribution in [2.75, 3.05) is 0 Å². The molecule has 0 N–H and O–H groups in total. The lowest BCUT2D eigenvalue weighted by Gasteiger charge is -2.39. The zero-order chi connectivity index (χ0) is 19.3. The molecule has 0 bridgehead atoms. The summed E-state index contributed by atoms with van der Waals surface area (Å²) in [6.07, 6.45) is 0. The Morgan fingerprint density at radius 2 is 1.52 bits per heavy atom. The predicted molar refractivity (Wildman–Crippen MR) is 88.2 cm³/mol. The van der Waals surface area contributed by atoms with Crippen LogP contribution in [-0.2, 0) is 14.4 Å². The van der Waals surface area contributed by atoms with Crippen molar-refractivity contribution in [2.45, 2.75) is 34.6 Å². The number of ketones is 4. The van der Waals surface area contributed by atoms with Crippen LogP contribution in [0.25, 0.3) is 0 Å². The van der Waals surface area contributed by atoms with E-state index in [0.717, 1.165) is 0 Å². The minimum atomic E-state index is -1.72. The number of aryl methyl sites for hydroxylation is 1. The first-order valence-electron chi connectivity index (χ1n) is 7.76. The molecule has 1 aliphatic rings. The zero-order valence-corrected chi connectivity index (χ0v) is 14.7. The van der Waals surface area contributed by atoms with Gasteiger partial charge >= 0.3 is 0 Å². The molecule has 25 heavy (non-hydrogen) atoms. The van der Waals surface area contributed by atoms with Gasteiger partial charge in [0.2, 0.25) is 0 Å². The molecule has 1 aliphatic carbocycles. The highest BCUT2D eigenvalue weighted by Crippen LogP contribution is 2.42. The lowest BCUT2D eigenvalue weighted by molar-refractivity contribution is -0.385. The molecule has 0 atom stereocenters. The summed E-state index contributed by atoms with van der Waals surface area (Å²) in [5.74, 6) is -4.85. The van der Waals surface area contributed by atoms with Gasteiger partial charge in [0.25, 0.3) is 5.69 Å². The van der Waals surface area contributed by atoms with E-state index in [0.29, 0.717) is 5.56 Å². The van der Waals surface area contributed by atoms with Crippen LogP contribution < -0.4 is 0 Å². The van der Waals surface area contributed by atoms with Gasteiger partial charge in [0.05, 0.1) is 21.3 Å². The standard InChI is InChI=1S/C18H19NO6/c1-9-6-7-10(11(8-9)19(24)25)13(20)12-14(21)17(2,3)16(23)18(4,5)15(12)22/h6-8,12H,1-5H3. The Balaban J connectivity index is 2.63. The third-order valence-corrected chi connectivity index (χ3v) is 4.77. The Morgan fingerprint density at radius 1 is 1.04 bits per heavy atom. The van der Waals surface area contributed by atoms with Crippen molar-refractivity contribution in [3.8, 4) is 0 Å². The maximum atomic E-state index is 12.9. The Kier molecular flexibility index (Phi) is 4.24. The number of hydrogen-bond acceptors (Lipinski definition) is 6. The fraction of sp³-hybridized carbons (Fsp3) is 0.444. The second-order valence-corrected chi connectivity index (χ2v) is 7.38. The summed E-state index contributed by atoms with van der Waals surface area (Å²) in [7, 11) is 0. The molecule has 0 heterocycles. The smallest absolute Gasteiger partial charge is 0.280 e. The van der Waals surface area contributed by atoms with Crippen LogP contribution in [0.5, 0.6) is 0 Å². The molecule has 1 fully saturated rings. The first-order valence-corrected chi connectivity index (χ1v) is 7.76. The molecular formula is C18H19NO6. The lowest BCUT2D eigenvalue weighted by atomic mass is 9.57. The SMILES string of the molecule is Cc1ccc(C(=O)C2C(=O)C(C)(C)C(=O)C(C)(C)C2=O)c([N+](=O)[O-])c1. The van der Waals surface area contributed by atoms with Gasteiger partial charge in [0.15, 0.2) is 23.1 Å². The van der Waals surface area contributed by atoms with E-state index < -0.39 is 50.5 Å². The summed E-state index contributed by atoms with van der Waals surface area (Å²) >= 11 is 0. The van der Waals surface area contributed by atoms with Gasteiger partial charge in [-0.3, -0.25) is 29.3 Å². The molecule has 0 saturated heterocycles. The fourth-order valence-electron chi connectivity index (χ4n) is 3.24. The van der Waals surface area contributed by atoms with E-state index in [-0.39, 0.29) is 5.56 Å². The number of nitro benzene ring substituents is 1. The molecule has 0 unspecified atom stereocenters. The highest BCUT2D eigenvalue weighted by molar-refractivity contribution is 6.37. The van der Waals surface area contributed by atoms with Gasteiger partial charge in [-0.2, -0.15) is 0 Å². The van der Waals surface area contributed by atoms with Gasteiger partial charge in [-0.1, -0.05) is 6.07 Å². The van der Waals surface area contributed by atoms with Gasteiger partial charge in [-0.15, -0.1) is 0 Å². The van der Waals surface area contributed by atoms with E-state index in [1.807, 2.05) is 0 Å². The van der Waals surface area contributed by atoms with E-state index in [1.54, 1.807) is 6.92 Å². The highest BCUT2D eigenvalue weighted by Gasteiger charge is 2.60. The lowest BCUT2D eigenvalue weighted by Crippen LogP contribution is -2.59. The van der Waals surface area contributed by atoms with Gasteiger partial charge in [-0.25, -0.2) is 0 Å². The van der Waals surface area contributed by atoms with Crippen molar-refractivity contribution in [1.82, 2.24) is 0 Å². The second kappa shape index (κ2) is 5.68. The average molecular weight is 345 g/mol. The minimum absolute atomic E-state index is 0.303. The van der Waals surface area contributed by atoms with E-state index in [2.05, 4.69) is 0 Å². The van der Waals surface area contributed by atoms with Crippen molar-refractivity contribution < 1.29 is 24.1 Å². The van der Waals surface area contributed by atoms with Crippen molar-refractivity contribution in [3.63, 3.8) is 0 Å². The molecule has 0 radical (unpaired) electrons. The number of Topliss-reactive ketones (excluding diaryl/α,β-unsaturated/α-hetero) is 4. The van der Waals surface area contributed by atoms with Crippen LogP contribution in [-0.4, -0.2) is 28.1 Å². The molecule has 7 nitrogen and oxygen atoms in total. The van der Waals surface area contributed by atoms with Gasteiger partial charge in [0.1, 0.15) is 5.92 Å². The third-order valence-electron chi connectivity index (χ3n) is 4.77. The number of nitrogens with zero attached hydrogens (tertiary/aromatic N) is 1. The van der Waals surface area contributed by atoms with Crippen LogP contribution in [0.3, 0.4) is 0 Å². The Morgan fingerprint density at radius 3 is 1.96 bits per heavy atom. The quantitative estimate of drug-likeness (QED) is 0.360. The number of carbonyl (C=O) groups excluding carboxylic acids is 4. The van der Waals surface area contributed by atoms with Crippen molar-refractivity contribution >= 4 is 28.8 Å². The number of rotatable bonds is 3. The van der Waals surface area contributed by atoms with E-state index >= 15 is 0 Å². The molecule has 0 amide bonds. The predicted octanol–water partition coefficient (Wildman–Crippen LogP) is 2.48. The largest absolute Gasteiger partial charge is 0.297 e. The minimum Gasteiger partial charge on any atom is -0.297 e. The molecule has 2 rings (SSSR count). The maximum Gasteiger partial charge on any atom is 0.280 e. The summed E-state index contributed by atoms with van der Waals surface area (Å²) < 4.78 is 0. The van der Waals surface area contributed by atoms with Crippen LogP contribution in [0.15, 0.2) is 18.2 Å². The van der Waals surface area contributed by atoms with E-state index in [1.165, 1.54) is 45.9 Å². The molecule has 0 aromatic heterocycles. The second-order valence-electron chi connectivity index (χ2n) is 7.38. The number of nitro groups is 1. The Bertz CT molecular complexity index is 804. The van der Waals surface area contributed by atoms with Crippen LogP contribution in [0.1, 0.15) is 43.6 Å². The molecule has 132 valence electrons. The zero-order valence-electron chi connectivity index (χ0n) is 14.7. The van der Waals surface area contributed by atoms with Gasteiger partial charge < -0.3 is 0 Å². The Labute approximate surface area is 144 Å². The normalized spacial score (nSPS) is 19.8. The fourth-order valence-corrected chi connectivity index (χ4v) is 3.24. The summed E-state index contributed by atoms with van der Waals surface area (Å²) in [4.78, 5) is 61.2. The van der Waals surface area contributed by atoms with E-state index in [4.69, 9.17) is 0 Å². The molecule has 1 aromatic carbocycles. The van der Waals surface area contributed by atoms with Crippen LogP contribution in [0.2, 0.25) is 0 Å². The third kappa shape index (κ3) is 2.69. The number of hydrogen-bond donors (Lipinski definition) is 0. The van der Waals surface area contributed by atoms with E-state index in [9.17, 15) is 29.3 Å². The number of carbonyl (C=O) groups is 4. The summed E-state index contributed by atoms with van der Waals surface area (Å²) in [5, 5.41) is 11.3. The number of benzene rings is 1. The van der Waals surface area contributed by atoms with Crippen LogP contribution in [0, 0.1) is 33.8 Å². The molecular weight excluding hydrogens is 326 g/mol. The van der Waals surface area contributed by atoms with Crippen LogP contribution >= 0.6 is 0 Å². The molecule has 0 spiro atoms. The van der Waals surface area contributed by atoms with Gasteiger partial charge in [-0.05, 0) is 46.2 Å². The first kappa shape index (κ1) is 18.6. The van der Waals surface area contributed by atoms with Crippen molar-refractivity contribution in [2.24, 2.45) is 16.7 Å². The summed E-state index contributed by atoms with van der Waals surface area (Å²) in [6, 6.07) is 3.96.